The van der Waals surface area contributed by atoms with Crippen molar-refractivity contribution >= 4 is 23.1 Å². The minimum Gasteiger partial charge on any atom is -0.491 e. The van der Waals surface area contributed by atoms with Gasteiger partial charge in [0.25, 0.3) is 0 Å². The van der Waals surface area contributed by atoms with Gasteiger partial charge < -0.3 is 10.1 Å². The molecular formula is C12H16ClNO2. The summed E-state index contributed by atoms with van der Waals surface area (Å²) in [5, 5.41) is 3.01. The van der Waals surface area contributed by atoms with Crippen LogP contribution in [0.15, 0.2) is 18.2 Å². The highest BCUT2D eigenvalue weighted by Gasteiger charge is 2.06. The standard InChI is InChI=1S/C12H16ClNO2/c1-9(15)10-4-5-12(11(8-10)14-2)16-7-3-6-13/h4-5,8,14H,3,6-7H2,1-2H3. The fraction of sp³-hybridized carbons (Fsp3) is 0.417. The Bertz CT molecular complexity index is 366. The number of carbonyl (C=O) groups excluding carboxylic acids is 1. The largest absolute Gasteiger partial charge is 0.491 e. The fourth-order valence-electron chi connectivity index (χ4n) is 1.31. The summed E-state index contributed by atoms with van der Waals surface area (Å²) in [6.45, 7) is 2.13. The first-order valence-electron chi connectivity index (χ1n) is 5.20. The van der Waals surface area contributed by atoms with E-state index in [0.29, 0.717) is 18.1 Å². The van der Waals surface area contributed by atoms with Gasteiger partial charge in [0.15, 0.2) is 5.78 Å². The van der Waals surface area contributed by atoms with Crippen LogP contribution in [-0.2, 0) is 0 Å². The molecule has 1 aromatic carbocycles. The van der Waals surface area contributed by atoms with Crippen molar-refractivity contribution in [1.82, 2.24) is 0 Å². The minimum absolute atomic E-state index is 0.0452. The first kappa shape index (κ1) is 12.8. The quantitative estimate of drug-likeness (QED) is 0.473. The van der Waals surface area contributed by atoms with Crippen molar-refractivity contribution in [2.45, 2.75) is 13.3 Å². The van der Waals surface area contributed by atoms with Crippen molar-refractivity contribution in [3.63, 3.8) is 0 Å². The van der Waals surface area contributed by atoms with Crippen molar-refractivity contribution in [1.29, 1.82) is 0 Å². The fourth-order valence-corrected chi connectivity index (χ4v) is 1.42. The van der Waals surface area contributed by atoms with E-state index in [4.69, 9.17) is 16.3 Å². The summed E-state index contributed by atoms with van der Waals surface area (Å²) in [7, 11) is 1.80. The monoisotopic (exact) mass is 241 g/mol. The molecule has 0 amide bonds. The average molecular weight is 242 g/mol. The molecule has 4 heteroatoms. The van der Waals surface area contributed by atoms with E-state index in [1.807, 2.05) is 0 Å². The van der Waals surface area contributed by atoms with Gasteiger partial charge in [0, 0.05) is 18.5 Å². The summed E-state index contributed by atoms with van der Waals surface area (Å²) in [6, 6.07) is 5.36. The number of ketones is 1. The van der Waals surface area contributed by atoms with Gasteiger partial charge >= 0.3 is 0 Å². The molecule has 0 atom stereocenters. The Kier molecular flexibility index (Phi) is 5.12. The lowest BCUT2D eigenvalue weighted by molar-refractivity contribution is 0.101. The van der Waals surface area contributed by atoms with E-state index in [9.17, 15) is 4.79 Å². The number of anilines is 1. The Morgan fingerprint density at radius 3 is 2.81 bits per heavy atom. The van der Waals surface area contributed by atoms with Gasteiger partial charge in [-0.05, 0) is 31.5 Å². The SMILES string of the molecule is CNc1cc(C(C)=O)ccc1OCCCCl. The molecule has 0 saturated heterocycles. The lowest BCUT2D eigenvalue weighted by Gasteiger charge is -2.11. The van der Waals surface area contributed by atoms with E-state index in [-0.39, 0.29) is 5.78 Å². The van der Waals surface area contributed by atoms with Gasteiger partial charge in [0.1, 0.15) is 5.75 Å². The highest BCUT2D eigenvalue weighted by molar-refractivity contribution is 6.17. The van der Waals surface area contributed by atoms with Gasteiger partial charge in [-0.15, -0.1) is 11.6 Å². The van der Waals surface area contributed by atoms with Crippen LogP contribution in [0.3, 0.4) is 0 Å². The molecule has 88 valence electrons. The third-order valence-corrected chi connectivity index (χ3v) is 2.46. The highest BCUT2D eigenvalue weighted by atomic mass is 35.5. The summed E-state index contributed by atoms with van der Waals surface area (Å²) in [5.41, 5.74) is 1.50. The zero-order valence-corrected chi connectivity index (χ0v) is 10.3. The van der Waals surface area contributed by atoms with Crippen molar-refractivity contribution in [3.8, 4) is 5.75 Å². The number of benzene rings is 1. The Labute approximate surface area is 101 Å². The third kappa shape index (κ3) is 3.42. The molecule has 1 aromatic rings. The summed E-state index contributed by atoms with van der Waals surface area (Å²) in [5.74, 6) is 1.38. The van der Waals surface area contributed by atoms with Crippen LogP contribution in [0.5, 0.6) is 5.75 Å². The number of Topliss-reactive ketones (excluding diaryl/α,β-unsaturated/α-hetero) is 1. The number of hydrogen-bond acceptors (Lipinski definition) is 3. The van der Waals surface area contributed by atoms with E-state index in [2.05, 4.69) is 5.32 Å². The average Bonchev–Trinajstić information content (AvgIpc) is 2.29. The molecule has 0 bridgehead atoms. The second-order valence-corrected chi connectivity index (χ2v) is 3.79. The van der Waals surface area contributed by atoms with Crippen LogP contribution in [0.4, 0.5) is 5.69 Å². The van der Waals surface area contributed by atoms with Crippen molar-refractivity contribution < 1.29 is 9.53 Å². The normalized spacial score (nSPS) is 9.94. The first-order chi connectivity index (χ1) is 7.69. The molecule has 0 spiro atoms. The zero-order chi connectivity index (χ0) is 12.0. The van der Waals surface area contributed by atoms with Crippen molar-refractivity contribution in [3.05, 3.63) is 23.8 Å². The van der Waals surface area contributed by atoms with Crippen LogP contribution in [0.1, 0.15) is 23.7 Å². The van der Waals surface area contributed by atoms with Gasteiger partial charge in [-0.3, -0.25) is 4.79 Å². The van der Waals surface area contributed by atoms with Crippen LogP contribution in [0, 0.1) is 0 Å². The molecule has 0 aromatic heterocycles. The number of rotatable bonds is 6. The first-order valence-corrected chi connectivity index (χ1v) is 5.74. The molecule has 1 rings (SSSR count). The Hall–Kier alpha value is -1.22. The number of alkyl halides is 1. The van der Waals surface area contributed by atoms with E-state index in [1.54, 1.807) is 32.2 Å². The predicted octanol–water partition coefficient (Wildman–Crippen LogP) is 2.94. The summed E-state index contributed by atoms with van der Waals surface area (Å²) < 4.78 is 5.54. The lowest BCUT2D eigenvalue weighted by atomic mass is 10.1. The summed E-state index contributed by atoms with van der Waals surface area (Å²) in [6.07, 6.45) is 0.805. The smallest absolute Gasteiger partial charge is 0.159 e. The maximum Gasteiger partial charge on any atom is 0.159 e. The van der Waals surface area contributed by atoms with Crippen molar-refractivity contribution in [2.24, 2.45) is 0 Å². The predicted molar refractivity (Wildman–Crippen MR) is 66.8 cm³/mol. The molecule has 3 nitrogen and oxygen atoms in total. The molecular weight excluding hydrogens is 226 g/mol. The van der Waals surface area contributed by atoms with Crippen LogP contribution >= 0.6 is 11.6 Å². The molecule has 0 aliphatic carbocycles. The Balaban J connectivity index is 2.80. The highest BCUT2D eigenvalue weighted by Crippen LogP contribution is 2.25. The molecule has 0 saturated carbocycles. The maximum atomic E-state index is 11.2. The zero-order valence-electron chi connectivity index (χ0n) is 9.55. The Morgan fingerprint density at radius 1 is 1.50 bits per heavy atom. The molecule has 16 heavy (non-hydrogen) atoms. The van der Waals surface area contributed by atoms with Crippen LogP contribution in [0.25, 0.3) is 0 Å². The number of carbonyl (C=O) groups is 1. The minimum atomic E-state index is 0.0452. The van der Waals surface area contributed by atoms with Gasteiger partial charge in [0.05, 0.1) is 12.3 Å². The van der Waals surface area contributed by atoms with Crippen molar-refractivity contribution in [2.75, 3.05) is 24.9 Å². The van der Waals surface area contributed by atoms with E-state index < -0.39 is 0 Å². The van der Waals surface area contributed by atoms with Gasteiger partial charge in [-0.1, -0.05) is 0 Å². The molecule has 0 aliphatic heterocycles. The second kappa shape index (κ2) is 6.38. The summed E-state index contributed by atoms with van der Waals surface area (Å²) >= 11 is 5.57. The number of halogens is 1. The number of ether oxygens (including phenoxy) is 1. The molecule has 1 N–H and O–H groups in total. The second-order valence-electron chi connectivity index (χ2n) is 3.41. The van der Waals surface area contributed by atoms with E-state index >= 15 is 0 Å². The third-order valence-electron chi connectivity index (χ3n) is 2.19. The van der Waals surface area contributed by atoms with Gasteiger partial charge in [-0.25, -0.2) is 0 Å². The van der Waals surface area contributed by atoms with Gasteiger partial charge in [-0.2, -0.15) is 0 Å². The number of nitrogens with one attached hydrogen (secondary N) is 1. The van der Waals surface area contributed by atoms with Crippen LogP contribution < -0.4 is 10.1 Å². The topological polar surface area (TPSA) is 38.3 Å². The molecule has 0 radical (unpaired) electrons. The van der Waals surface area contributed by atoms with Crippen LogP contribution in [-0.4, -0.2) is 25.3 Å². The molecule has 0 fully saturated rings. The number of hydrogen-bond donors (Lipinski definition) is 1. The molecule has 0 aliphatic rings. The summed E-state index contributed by atoms with van der Waals surface area (Å²) in [4.78, 5) is 11.2. The van der Waals surface area contributed by atoms with Gasteiger partial charge in [0.2, 0.25) is 0 Å². The molecule has 0 unspecified atom stereocenters. The van der Waals surface area contributed by atoms with E-state index in [0.717, 1.165) is 17.9 Å². The lowest BCUT2D eigenvalue weighted by Crippen LogP contribution is -2.02. The van der Waals surface area contributed by atoms with Crippen LogP contribution in [0.2, 0.25) is 0 Å². The molecule has 0 heterocycles. The van der Waals surface area contributed by atoms with E-state index in [1.165, 1.54) is 0 Å². The Morgan fingerprint density at radius 2 is 2.25 bits per heavy atom. The maximum absolute atomic E-state index is 11.2.